The topological polar surface area (TPSA) is 62.7 Å². The third kappa shape index (κ3) is 2.10. The highest BCUT2D eigenvalue weighted by Gasteiger charge is 2.42. The predicted octanol–water partition coefficient (Wildman–Crippen LogP) is 0.687. The molecule has 1 fully saturated rings. The van der Waals surface area contributed by atoms with Gasteiger partial charge in [0.05, 0.1) is 25.8 Å². The molecule has 0 aromatic carbocycles. The van der Waals surface area contributed by atoms with Crippen LogP contribution in [0.25, 0.3) is 0 Å². The van der Waals surface area contributed by atoms with Gasteiger partial charge in [-0.25, -0.2) is 4.98 Å². The number of carbonyl (C=O) groups excluding carboxylic acids is 1. The molecule has 2 rings (SSSR count). The molecule has 1 aliphatic heterocycles. The van der Waals surface area contributed by atoms with Crippen molar-refractivity contribution in [3.8, 4) is 5.88 Å². The Morgan fingerprint density at radius 1 is 1.65 bits per heavy atom. The third-order valence-corrected chi connectivity index (χ3v) is 3.11. The van der Waals surface area contributed by atoms with Crippen molar-refractivity contribution in [2.75, 3.05) is 20.2 Å². The molecule has 1 saturated heterocycles. The number of aliphatic hydroxyl groups is 1. The average Bonchev–Trinajstić information content (AvgIpc) is 2.34. The van der Waals surface area contributed by atoms with Gasteiger partial charge in [-0.05, 0) is 18.6 Å². The maximum absolute atomic E-state index is 12.1. The molecule has 1 N–H and O–H groups in total. The summed E-state index contributed by atoms with van der Waals surface area (Å²) in [6.07, 6.45) is 2.23. The maximum Gasteiger partial charge on any atom is 0.259 e. The number of likely N-dealkylation sites (tertiary alicyclic amines) is 1. The molecular weight excluding hydrogens is 220 g/mol. The van der Waals surface area contributed by atoms with Gasteiger partial charge < -0.3 is 14.7 Å². The highest BCUT2D eigenvalue weighted by Crippen LogP contribution is 2.27. The van der Waals surface area contributed by atoms with Crippen molar-refractivity contribution >= 4 is 5.91 Å². The Hall–Kier alpha value is -1.62. The van der Waals surface area contributed by atoms with E-state index in [0.29, 0.717) is 31.0 Å². The summed E-state index contributed by atoms with van der Waals surface area (Å²) in [5.74, 6) is 0.178. The first kappa shape index (κ1) is 11.9. The first-order valence-electron chi connectivity index (χ1n) is 5.60. The van der Waals surface area contributed by atoms with E-state index in [0.717, 1.165) is 0 Å². The number of methoxy groups -OCH3 is 1. The summed E-state index contributed by atoms with van der Waals surface area (Å²) in [7, 11) is 1.48. The van der Waals surface area contributed by atoms with Crippen LogP contribution in [0.15, 0.2) is 18.3 Å². The zero-order chi connectivity index (χ0) is 12.5. The van der Waals surface area contributed by atoms with Crippen LogP contribution < -0.4 is 4.74 Å². The summed E-state index contributed by atoms with van der Waals surface area (Å²) < 4.78 is 5.04. The lowest BCUT2D eigenvalue weighted by Crippen LogP contribution is -2.63. The van der Waals surface area contributed by atoms with E-state index in [1.165, 1.54) is 7.11 Å². The van der Waals surface area contributed by atoms with Crippen LogP contribution >= 0.6 is 0 Å². The van der Waals surface area contributed by atoms with Gasteiger partial charge in [-0.3, -0.25) is 4.79 Å². The van der Waals surface area contributed by atoms with Crippen molar-refractivity contribution in [2.24, 2.45) is 0 Å². The summed E-state index contributed by atoms with van der Waals surface area (Å²) in [4.78, 5) is 17.7. The van der Waals surface area contributed by atoms with Crippen LogP contribution in [0.1, 0.15) is 23.7 Å². The number of amides is 1. The zero-order valence-electron chi connectivity index (χ0n) is 10.0. The van der Waals surface area contributed by atoms with E-state index < -0.39 is 5.60 Å². The van der Waals surface area contributed by atoms with Crippen LogP contribution in [0.5, 0.6) is 5.88 Å². The highest BCUT2D eigenvalue weighted by atomic mass is 16.5. The fourth-order valence-corrected chi connectivity index (χ4v) is 1.92. The molecule has 1 amide bonds. The van der Waals surface area contributed by atoms with Gasteiger partial charge in [0.1, 0.15) is 5.56 Å². The summed E-state index contributed by atoms with van der Waals surface area (Å²) in [6, 6.07) is 3.37. The monoisotopic (exact) mass is 236 g/mol. The second-order valence-corrected chi connectivity index (χ2v) is 4.30. The number of aromatic nitrogens is 1. The SMILES string of the molecule is CCC1(O)CN(C(=O)c2cccnc2OC)C1. The predicted molar refractivity (Wildman–Crippen MR) is 61.9 cm³/mol. The number of hydrogen-bond acceptors (Lipinski definition) is 4. The van der Waals surface area contributed by atoms with Crippen LogP contribution in [0.3, 0.4) is 0 Å². The van der Waals surface area contributed by atoms with E-state index in [1.54, 1.807) is 23.2 Å². The van der Waals surface area contributed by atoms with Crippen LogP contribution in [-0.4, -0.2) is 46.7 Å². The van der Waals surface area contributed by atoms with E-state index in [-0.39, 0.29) is 5.91 Å². The molecule has 1 aliphatic rings. The Morgan fingerprint density at radius 2 is 2.35 bits per heavy atom. The first-order valence-corrected chi connectivity index (χ1v) is 5.60. The Kier molecular flexibility index (Phi) is 3.02. The van der Waals surface area contributed by atoms with E-state index in [4.69, 9.17) is 4.74 Å². The Labute approximate surface area is 100 Å². The lowest BCUT2D eigenvalue weighted by atomic mass is 9.91. The van der Waals surface area contributed by atoms with Crippen LogP contribution in [0.4, 0.5) is 0 Å². The molecule has 5 heteroatoms. The number of hydrogen-bond donors (Lipinski definition) is 1. The van der Waals surface area contributed by atoms with Gasteiger partial charge in [0, 0.05) is 6.20 Å². The zero-order valence-corrected chi connectivity index (χ0v) is 10.0. The molecule has 2 heterocycles. The molecule has 0 aliphatic carbocycles. The van der Waals surface area contributed by atoms with Gasteiger partial charge in [0.15, 0.2) is 0 Å². The molecule has 1 aromatic heterocycles. The summed E-state index contributed by atoms with van der Waals surface area (Å²) in [6.45, 7) is 2.66. The summed E-state index contributed by atoms with van der Waals surface area (Å²) in [5, 5.41) is 9.87. The van der Waals surface area contributed by atoms with Crippen molar-refractivity contribution in [1.29, 1.82) is 0 Å². The number of β-amino-alcohol motifs (C(OH)–C–C–N with tert-alkyl or cyclic N) is 1. The summed E-state index contributed by atoms with van der Waals surface area (Å²) in [5.41, 5.74) is -0.279. The van der Waals surface area contributed by atoms with E-state index >= 15 is 0 Å². The molecule has 0 radical (unpaired) electrons. The van der Waals surface area contributed by atoms with Crippen molar-refractivity contribution < 1.29 is 14.6 Å². The molecule has 0 bridgehead atoms. The minimum atomic E-state index is -0.717. The summed E-state index contributed by atoms with van der Waals surface area (Å²) >= 11 is 0. The largest absolute Gasteiger partial charge is 0.480 e. The fraction of sp³-hybridized carbons (Fsp3) is 0.500. The second kappa shape index (κ2) is 4.33. The molecule has 0 atom stereocenters. The number of ether oxygens (including phenoxy) is 1. The minimum Gasteiger partial charge on any atom is -0.480 e. The second-order valence-electron chi connectivity index (χ2n) is 4.30. The molecule has 5 nitrogen and oxygen atoms in total. The van der Waals surface area contributed by atoms with Crippen molar-refractivity contribution in [2.45, 2.75) is 18.9 Å². The average molecular weight is 236 g/mol. The molecule has 0 saturated carbocycles. The Balaban J connectivity index is 2.12. The fourth-order valence-electron chi connectivity index (χ4n) is 1.92. The third-order valence-electron chi connectivity index (χ3n) is 3.11. The van der Waals surface area contributed by atoms with Gasteiger partial charge >= 0.3 is 0 Å². The lowest BCUT2D eigenvalue weighted by Gasteiger charge is -2.46. The molecule has 17 heavy (non-hydrogen) atoms. The van der Waals surface area contributed by atoms with Gasteiger partial charge in [-0.2, -0.15) is 0 Å². The van der Waals surface area contributed by atoms with Gasteiger partial charge in [0.25, 0.3) is 5.91 Å². The van der Waals surface area contributed by atoms with E-state index in [1.807, 2.05) is 6.92 Å². The molecule has 92 valence electrons. The van der Waals surface area contributed by atoms with Crippen LogP contribution in [-0.2, 0) is 0 Å². The van der Waals surface area contributed by atoms with Crippen molar-refractivity contribution in [3.63, 3.8) is 0 Å². The van der Waals surface area contributed by atoms with E-state index in [2.05, 4.69) is 4.98 Å². The molecule has 0 spiro atoms. The molecule has 0 unspecified atom stereocenters. The normalized spacial score (nSPS) is 17.5. The molecular formula is C12H16N2O3. The number of pyridine rings is 1. The minimum absolute atomic E-state index is 0.145. The van der Waals surface area contributed by atoms with Gasteiger partial charge in [-0.1, -0.05) is 6.92 Å². The number of nitrogens with zero attached hydrogens (tertiary/aromatic N) is 2. The van der Waals surface area contributed by atoms with Crippen molar-refractivity contribution in [1.82, 2.24) is 9.88 Å². The van der Waals surface area contributed by atoms with Crippen LogP contribution in [0, 0.1) is 0 Å². The number of carbonyl (C=O) groups is 1. The number of rotatable bonds is 3. The maximum atomic E-state index is 12.1. The Bertz CT molecular complexity index is 428. The smallest absolute Gasteiger partial charge is 0.259 e. The van der Waals surface area contributed by atoms with Crippen molar-refractivity contribution in [3.05, 3.63) is 23.9 Å². The standard InChI is InChI=1S/C12H16N2O3/c1-3-12(16)7-14(8-12)11(15)9-5-4-6-13-10(9)17-2/h4-6,16H,3,7-8H2,1-2H3. The van der Waals surface area contributed by atoms with Gasteiger partial charge in [-0.15, -0.1) is 0 Å². The van der Waals surface area contributed by atoms with Crippen LogP contribution in [0.2, 0.25) is 0 Å². The Morgan fingerprint density at radius 3 is 2.94 bits per heavy atom. The van der Waals surface area contributed by atoms with E-state index in [9.17, 15) is 9.90 Å². The first-order chi connectivity index (χ1) is 8.09. The quantitative estimate of drug-likeness (QED) is 0.838. The highest BCUT2D eigenvalue weighted by molar-refractivity contribution is 5.97. The molecule has 1 aromatic rings. The lowest BCUT2D eigenvalue weighted by molar-refractivity contribution is -0.0827. The van der Waals surface area contributed by atoms with Gasteiger partial charge in [0.2, 0.25) is 5.88 Å².